The van der Waals surface area contributed by atoms with Crippen LogP contribution in [-0.2, 0) is 16.1 Å². The van der Waals surface area contributed by atoms with Crippen molar-refractivity contribution in [3.63, 3.8) is 0 Å². The predicted octanol–water partition coefficient (Wildman–Crippen LogP) is 4.66. The number of rotatable bonds is 9. The highest BCUT2D eigenvalue weighted by atomic mass is 32.1. The van der Waals surface area contributed by atoms with E-state index in [4.69, 9.17) is 4.42 Å². The van der Waals surface area contributed by atoms with E-state index in [1.807, 2.05) is 29.8 Å². The fourth-order valence-electron chi connectivity index (χ4n) is 4.20. The highest BCUT2D eigenvalue weighted by molar-refractivity contribution is 7.12. The normalized spacial score (nSPS) is 15.0. The number of furan rings is 1. The lowest BCUT2D eigenvalue weighted by Gasteiger charge is -2.32. The summed E-state index contributed by atoms with van der Waals surface area (Å²) in [6, 6.07) is 10.0. The lowest BCUT2D eigenvalue weighted by Crippen LogP contribution is -2.49. The first-order valence-corrected chi connectivity index (χ1v) is 13.3. The fraction of sp³-hybridized carbons (Fsp3) is 0.400. The van der Waals surface area contributed by atoms with Gasteiger partial charge in [0, 0.05) is 10.9 Å². The molecule has 1 fully saturated rings. The van der Waals surface area contributed by atoms with E-state index in [0.717, 1.165) is 30.6 Å². The minimum absolute atomic E-state index is 0.0945. The molecule has 34 heavy (non-hydrogen) atoms. The van der Waals surface area contributed by atoms with Crippen molar-refractivity contribution in [2.24, 2.45) is 0 Å². The quantitative estimate of drug-likeness (QED) is 0.448. The number of thiophene rings is 2. The van der Waals surface area contributed by atoms with Gasteiger partial charge in [-0.05, 0) is 54.8 Å². The monoisotopic (exact) mass is 499 g/mol. The second-order valence-corrected chi connectivity index (χ2v) is 10.4. The molecule has 9 heteroatoms. The van der Waals surface area contributed by atoms with Crippen molar-refractivity contribution in [3.05, 3.63) is 68.4 Å². The number of nitrogens with one attached hydrogen (secondary N) is 2. The Kier molecular flexibility index (Phi) is 8.18. The van der Waals surface area contributed by atoms with Crippen molar-refractivity contribution in [1.82, 2.24) is 15.5 Å². The van der Waals surface area contributed by atoms with Crippen LogP contribution < -0.4 is 10.6 Å². The highest BCUT2D eigenvalue weighted by Crippen LogP contribution is 2.28. The third kappa shape index (κ3) is 6.15. The molecule has 1 saturated carbocycles. The van der Waals surface area contributed by atoms with Gasteiger partial charge >= 0.3 is 0 Å². The van der Waals surface area contributed by atoms with Gasteiger partial charge in [0.15, 0.2) is 6.04 Å². The van der Waals surface area contributed by atoms with Crippen molar-refractivity contribution < 1.29 is 18.8 Å². The number of carbonyl (C=O) groups is 3. The number of aryl methyl sites for hydroxylation is 1. The smallest absolute Gasteiger partial charge is 0.261 e. The Balaban J connectivity index is 1.58. The minimum Gasteiger partial charge on any atom is -0.464 e. The summed E-state index contributed by atoms with van der Waals surface area (Å²) >= 11 is 2.83. The van der Waals surface area contributed by atoms with Crippen LogP contribution in [0, 0.1) is 6.92 Å². The zero-order valence-corrected chi connectivity index (χ0v) is 20.8. The van der Waals surface area contributed by atoms with Gasteiger partial charge in [0.05, 0.1) is 18.0 Å². The molecular formula is C25H29N3O4S2. The van der Waals surface area contributed by atoms with Crippen LogP contribution in [0.2, 0.25) is 0 Å². The molecule has 7 nitrogen and oxygen atoms in total. The van der Waals surface area contributed by atoms with E-state index in [1.165, 1.54) is 34.0 Å². The predicted molar refractivity (Wildman–Crippen MR) is 133 cm³/mol. The first-order valence-electron chi connectivity index (χ1n) is 11.5. The molecule has 3 heterocycles. The maximum absolute atomic E-state index is 13.6. The summed E-state index contributed by atoms with van der Waals surface area (Å²) in [4.78, 5) is 42.4. The molecule has 3 amide bonds. The van der Waals surface area contributed by atoms with Crippen LogP contribution in [0.25, 0.3) is 0 Å². The Hall–Kier alpha value is -2.91. The molecule has 0 saturated heterocycles. The Morgan fingerprint density at radius 2 is 1.82 bits per heavy atom. The topological polar surface area (TPSA) is 91.7 Å². The van der Waals surface area contributed by atoms with Gasteiger partial charge in [-0.2, -0.15) is 0 Å². The number of carbonyl (C=O) groups excluding carboxylic acids is 3. The molecule has 2 N–H and O–H groups in total. The third-order valence-electron chi connectivity index (χ3n) is 5.91. The van der Waals surface area contributed by atoms with Crippen LogP contribution in [0.1, 0.15) is 64.2 Å². The molecule has 180 valence electrons. The van der Waals surface area contributed by atoms with Gasteiger partial charge in [0.1, 0.15) is 11.5 Å². The molecule has 0 radical (unpaired) electrons. The van der Waals surface area contributed by atoms with E-state index < -0.39 is 6.04 Å². The largest absolute Gasteiger partial charge is 0.464 e. The van der Waals surface area contributed by atoms with E-state index in [0.29, 0.717) is 16.4 Å². The summed E-state index contributed by atoms with van der Waals surface area (Å²) in [6.07, 6.45) is 5.22. The molecule has 0 aromatic carbocycles. The maximum atomic E-state index is 13.6. The van der Waals surface area contributed by atoms with Crippen molar-refractivity contribution >= 4 is 40.4 Å². The van der Waals surface area contributed by atoms with Gasteiger partial charge in [-0.1, -0.05) is 31.4 Å². The van der Waals surface area contributed by atoms with Gasteiger partial charge < -0.3 is 20.0 Å². The van der Waals surface area contributed by atoms with Gasteiger partial charge in [-0.25, -0.2) is 0 Å². The second kappa shape index (κ2) is 11.5. The van der Waals surface area contributed by atoms with Gasteiger partial charge in [-0.15, -0.1) is 22.7 Å². The van der Waals surface area contributed by atoms with Crippen LogP contribution >= 0.6 is 22.7 Å². The number of nitrogens with zero attached hydrogens (tertiary/aromatic N) is 1. The molecule has 0 aliphatic heterocycles. The summed E-state index contributed by atoms with van der Waals surface area (Å²) < 4.78 is 5.85. The SMILES string of the molecule is Cc1ccc([C@@H](C(=O)NC2CCCCC2)N(Cc2cccs2)C(=O)CNC(=O)c2cccs2)o1. The van der Waals surface area contributed by atoms with Crippen molar-refractivity contribution in [2.45, 2.75) is 57.7 Å². The van der Waals surface area contributed by atoms with Crippen LogP contribution in [-0.4, -0.2) is 35.2 Å². The molecule has 1 aliphatic carbocycles. The Morgan fingerprint density at radius 1 is 1.06 bits per heavy atom. The summed E-state index contributed by atoms with van der Waals surface area (Å²) in [7, 11) is 0. The second-order valence-electron chi connectivity index (χ2n) is 8.46. The average Bonchev–Trinajstić information content (AvgIpc) is 3.61. The first kappa shape index (κ1) is 24.2. The summed E-state index contributed by atoms with van der Waals surface area (Å²) in [6.45, 7) is 1.84. The van der Waals surface area contributed by atoms with Gasteiger partial charge in [0.25, 0.3) is 11.8 Å². The van der Waals surface area contributed by atoms with Gasteiger partial charge in [0.2, 0.25) is 5.91 Å². The molecule has 3 aromatic heterocycles. The van der Waals surface area contributed by atoms with Crippen LogP contribution in [0.4, 0.5) is 0 Å². The third-order valence-corrected chi connectivity index (χ3v) is 7.64. The van der Waals surface area contributed by atoms with Gasteiger partial charge in [-0.3, -0.25) is 14.4 Å². The standard InChI is InChI=1S/C25H29N3O4S2/c1-17-11-12-20(32-17)23(25(31)27-18-7-3-2-4-8-18)28(16-19-9-5-13-33-19)22(29)15-26-24(30)21-10-6-14-34-21/h5-6,9-14,18,23H,2-4,7-8,15-16H2,1H3,(H,26,30)(H,27,31)/t23-/m0/s1. The molecule has 1 atom stereocenters. The number of hydrogen-bond donors (Lipinski definition) is 2. The van der Waals surface area contributed by atoms with E-state index in [-0.39, 0.29) is 36.9 Å². The maximum Gasteiger partial charge on any atom is 0.261 e. The Labute approximate surface area is 207 Å². The Morgan fingerprint density at radius 3 is 2.47 bits per heavy atom. The average molecular weight is 500 g/mol. The minimum atomic E-state index is -0.927. The first-order chi connectivity index (χ1) is 16.5. The van der Waals surface area contributed by atoms with E-state index >= 15 is 0 Å². The lowest BCUT2D eigenvalue weighted by molar-refractivity contribution is -0.141. The molecule has 0 unspecified atom stereocenters. The lowest BCUT2D eigenvalue weighted by atomic mass is 9.95. The van der Waals surface area contributed by atoms with E-state index in [9.17, 15) is 14.4 Å². The Bertz CT molecular complexity index is 1090. The zero-order chi connectivity index (χ0) is 23.9. The van der Waals surface area contributed by atoms with Crippen LogP contribution in [0.3, 0.4) is 0 Å². The highest BCUT2D eigenvalue weighted by Gasteiger charge is 2.35. The van der Waals surface area contributed by atoms with Crippen molar-refractivity contribution in [1.29, 1.82) is 0 Å². The molecular weight excluding hydrogens is 470 g/mol. The summed E-state index contributed by atoms with van der Waals surface area (Å²) in [5.41, 5.74) is 0. The summed E-state index contributed by atoms with van der Waals surface area (Å²) in [5.74, 6) is 0.170. The number of amides is 3. The summed E-state index contributed by atoms with van der Waals surface area (Å²) in [5, 5.41) is 9.60. The molecule has 4 rings (SSSR count). The van der Waals surface area contributed by atoms with E-state index in [1.54, 1.807) is 24.3 Å². The van der Waals surface area contributed by atoms with Crippen LogP contribution in [0.15, 0.2) is 51.6 Å². The van der Waals surface area contributed by atoms with E-state index in [2.05, 4.69) is 10.6 Å². The fourth-order valence-corrected chi connectivity index (χ4v) is 5.54. The van der Waals surface area contributed by atoms with Crippen LogP contribution in [0.5, 0.6) is 0 Å². The molecule has 3 aromatic rings. The number of hydrogen-bond acceptors (Lipinski definition) is 6. The molecule has 1 aliphatic rings. The zero-order valence-electron chi connectivity index (χ0n) is 19.1. The molecule has 0 spiro atoms. The van der Waals surface area contributed by atoms with Crippen molar-refractivity contribution in [3.8, 4) is 0 Å². The van der Waals surface area contributed by atoms with Crippen molar-refractivity contribution in [2.75, 3.05) is 6.54 Å². The molecule has 0 bridgehead atoms.